The standard InChI is InChI=1S/C16H15F2NO/c1-11(10-12-6-3-2-4-7-12)16(20)19-15-13(17)8-5-9-14(15)18/h2-9,11H,10H2,1H3,(H,19,20). The Bertz CT molecular complexity index is 578. The minimum atomic E-state index is -0.773. The number of nitrogens with one attached hydrogen (secondary N) is 1. The van der Waals surface area contributed by atoms with Crippen molar-refractivity contribution in [1.82, 2.24) is 0 Å². The van der Waals surface area contributed by atoms with Crippen molar-refractivity contribution in [3.63, 3.8) is 0 Å². The first-order chi connectivity index (χ1) is 9.58. The van der Waals surface area contributed by atoms with Crippen LogP contribution in [0, 0.1) is 17.6 Å². The topological polar surface area (TPSA) is 29.1 Å². The lowest BCUT2D eigenvalue weighted by molar-refractivity contribution is -0.119. The van der Waals surface area contributed by atoms with Crippen LogP contribution < -0.4 is 5.32 Å². The largest absolute Gasteiger partial charge is 0.321 e. The van der Waals surface area contributed by atoms with Gasteiger partial charge in [-0.25, -0.2) is 8.78 Å². The molecule has 2 aromatic carbocycles. The van der Waals surface area contributed by atoms with Crippen molar-refractivity contribution in [3.05, 3.63) is 65.7 Å². The Morgan fingerprint density at radius 3 is 2.25 bits per heavy atom. The van der Waals surface area contributed by atoms with Crippen LogP contribution >= 0.6 is 0 Å². The fourth-order valence-corrected chi connectivity index (χ4v) is 1.92. The van der Waals surface area contributed by atoms with E-state index in [1.807, 2.05) is 30.3 Å². The molecule has 104 valence electrons. The molecule has 4 heteroatoms. The summed E-state index contributed by atoms with van der Waals surface area (Å²) in [7, 11) is 0. The van der Waals surface area contributed by atoms with Crippen molar-refractivity contribution in [2.75, 3.05) is 5.32 Å². The van der Waals surface area contributed by atoms with Crippen molar-refractivity contribution in [2.24, 2.45) is 5.92 Å². The number of benzene rings is 2. The summed E-state index contributed by atoms with van der Waals surface area (Å²) in [6, 6.07) is 13.0. The van der Waals surface area contributed by atoms with Crippen LogP contribution in [-0.2, 0) is 11.2 Å². The van der Waals surface area contributed by atoms with Crippen LogP contribution in [0.2, 0.25) is 0 Å². The van der Waals surface area contributed by atoms with Gasteiger partial charge in [0.2, 0.25) is 5.91 Å². The van der Waals surface area contributed by atoms with E-state index in [1.54, 1.807) is 6.92 Å². The van der Waals surface area contributed by atoms with E-state index >= 15 is 0 Å². The number of para-hydroxylation sites is 1. The molecule has 0 aromatic heterocycles. The molecule has 20 heavy (non-hydrogen) atoms. The number of halogens is 2. The predicted octanol–water partition coefficient (Wildman–Crippen LogP) is 3.78. The third-order valence-corrected chi connectivity index (χ3v) is 3.04. The third kappa shape index (κ3) is 3.41. The zero-order chi connectivity index (χ0) is 14.5. The van der Waals surface area contributed by atoms with Crippen LogP contribution in [0.5, 0.6) is 0 Å². The SMILES string of the molecule is CC(Cc1ccccc1)C(=O)Nc1c(F)cccc1F. The Morgan fingerprint density at radius 1 is 1.05 bits per heavy atom. The highest BCUT2D eigenvalue weighted by molar-refractivity contribution is 5.92. The fraction of sp³-hybridized carbons (Fsp3) is 0.188. The molecule has 0 saturated carbocycles. The zero-order valence-corrected chi connectivity index (χ0v) is 11.1. The molecule has 0 saturated heterocycles. The second kappa shape index (κ2) is 6.28. The van der Waals surface area contributed by atoms with Gasteiger partial charge < -0.3 is 5.32 Å². The first-order valence-corrected chi connectivity index (χ1v) is 6.36. The average molecular weight is 275 g/mol. The summed E-state index contributed by atoms with van der Waals surface area (Å²) in [6.45, 7) is 1.72. The van der Waals surface area contributed by atoms with Gasteiger partial charge in [0.05, 0.1) is 0 Å². The number of carbonyl (C=O) groups is 1. The van der Waals surface area contributed by atoms with Crippen LogP contribution in [0.15, 0.2) is 48.5 Å². The Balaban J connectivity index is 2.05. The minimum Gasteiger partial charge on any atom is -0.321 e. The van der Waals surface area contributed by atoms with E-state index in [4.69, 9.17) is 0 Å². The first kappa shape index (κ1) is 14.2. The van der Waals surface area contributed by atoms with Gasteiger partial charge in [0, 0.05) is 5.92 Å². The van der Waals surface area contributed by atoms with E-state index in [1.165, 1.54) is 6.07 Å². The Morgan fingerprint density at radius 2 is 1.65 bits per heavy atom. The fourth-order valence-electron chi connectivity index (χ4n) is 1.92. The maximum absolute atomic E-state index is 13.4. The van der Waals surface area contributed by atoms with E-state index in [2.05, 4.69) is 5.32 Å². The van der Waals surface area contributed by atoms with E-state index in [9.17, 15) is 13.6 Å². The summed E-state index contributed by atoms with van der Waals surface area (Å²) in [5.74, 6) is -2.33. The molecule has 2 rings (SSSR count). The summed E-state index contributed by atoms with van der Waals surface area (Å²) in [6.07, 6.45) is 0.517. The Labute approximate surface area is 116 Å². The number of hydrogen-bond donors (Lipinski definition) is 1. The number of amides is 1. The molecule has 0 aliphatic carbocycles. The molecule has 0 aliphatic heterocycles. The summed E-state index contributed by atoms with van der Waals surface area (Å²) >= 11 is 0. The van der Waals surface area contributed by atoms with Gasteiger partial charge in [-0.05, 0) is 24.1 Å². The number of carbonyl (C=O) groups excluding carboxylic acids is 1. The smallest absolute Gasteiger partial charge is 0.227 e. The molecule has 1 atom stereocenters. The number of anilines is 1. The van der Waals surface area contributed by atoms with Crippen LogP contribution in [0.4, 0.5) is 14.5 Å². The van der Waals surface area contributed by atoms with Crippen molar-refractivity contribution < 1.29 is 13.6 Å². The van der Waals surface area contributed by atoms with Gasteiger partial charge in [0.25, 0.3) is 0 Å². The van der Waals surface area contributed by atoms with Crippen molar-refractivity contribution in [1.29, 1.82) is 0 Å². The van der Waals surface area contributed by atoms with Gasteiger partial charge in [0.15, 0.2) is 0 Å². The lowest BCUT2D eigenvalue weighted by Gasteiger charge is -2.13. The van der Waals surface area contributed by atoms with E-state index in [0.717, 1.165) is 17.7 Å². The van der Waals surface area contributed by atoms with Crippen molar-refractivity contribution >= 4 is 11.6 Å². The maximum Gasteiger partial charge on any atom is 0.227 e. The second-order valence-electron chi connectivity index (χ2n) is 4.68. The van der Waals surface area contributed by atoms with Gasteiger partial charge >= 0.3 is 0 Å². The molecule has 0 spiro atoms. The third-order valence-electron chi connectivity index (χ3n) is 3.04. The normalized spacial score (nSPS) is 11.9. The first-order valence-electron chi connectivity index (χ1n) is 6.36. The van der Waals surface area contributed by atoms with E-state index in [-0.39, 0.29) is 5.92 Å². The van der Waals surface area contributed by atoms with Crippen molar-refractivity contribution in [2.45, 2.75) is 13.3 Å². The minimum absolute atomic E-state index is 0.378. The van der Waals surface area contributed by atoms with Gasteiger partial charge in [-0.15, -0.1) is 0 Å². The van der Waals surface area contributed by atoms with Gasteiger partial charge in [-0.1, -0.05) is 43.3 Å². The molecule has 0 bridgehead atoms. The van der Waals surface area contributed by atoms with Gasteiger partial charge in [0.1, 0.15) is 17.3 Å². The van der Waals surface area contributed by atoms with Gasteiger partial charge in [-0.2, -0.15) is 0 Å². The Kier molecular flexibility index (Phi) is 4.45. The molecular weight excluding hydrogens is 260 g/mol. The van der Waals surface area contributed by atoms with E-state index in [0.29, 0.717) is 6.42 Å². The Hall–Kier alpha value is -2.23. The average Bonchev–Trinajstić information content (AvgIpc) is 2.44. The predicted molar refractivity (Wildman–Crippen MR) is 74.3 cm³/mol. The maximum atomic E-state index is 13.4. The molecule has 0 fully saturated rings. The summed E-state index contributed by atoms with van der Waals surface area (Å²) in [4.78, 5) is 12.0. The van der Waals surface area contributed by atoms with Crippen LogP contribution in [0.3, 0.4) is 0 Å². The zero-order valence-electron chi connectivity index (χ0n) is 11.1. The van der Waals surface area contributed by atoms with Crippen LogP contribution in [0.25, 0.3) is 0 Å². The molecule has 1 N–H and O–H groups in total. The molecule has 2 nitrogen and oxygen atoms in total. The lowest BCUT2D eigenvalue weighted by atomic mass is 10.0. The van der Waals surface area contributed by atoms with Crippen LogP contribution in [-0.4, -0.2) is 5.91 Å². The summed E-state index contributed by atoms with van der Waals surface area (Å²) < 4.78 is 26.9. The molecule has 0 heterocycles. The molecule has 1 amide bonds. The van der Waals surface area contributed by atoms with Crippen molar-refractivity contribution in [3.8, 4) is 0 Å². The highest BCUT2D eigenvalue weighted by Crippen LogP contribution is 2.19. The quantitative estimate of drug-likeness (QED) is 0.904. The summed E-state index contributed by atoms with van der Waals surface area (Å²) in [5.41, 5.74) is 0.613. The summed E-state index contributed by atoms with van der Waals surface area (Å²) in [5, 5.41) is 2.31. The second-order valence-corrected chi connectivity index (χ2v) is 4.68. The molecule has 2 aromatic rings. The molecule has 1 unspecified atom stereocenters. The van der Waals surface area contributed by atoms with E-state index < -0.39 is 23.2 Å². The van der Waals surface area contributed by atoms with Crippen LogP contribution in [0.1, 0.15) is 12.5 Å². The highest BCUT2D eigenvalue weighted by atomic mass is 19.1. The molecular formula is C16H15F2NO. The lowest BCUT2D eigenvalue weighted by Crippen LogP contribution is -2.23. The monoisotopic (exact) mass is 275 g/mol. The number of rotatable bonds is 4. The highest BCUT2D eigenvalue weighted by Gasteiger charge is 2.17. The van der Waals surface area contributed by atoms with Gasteiger partial charge in [-0.3, -0.25) is 4.79 Å². The number of hydrogen-bond acceptors (Lipinski definition) is 1. The molecule has 0 aliphatic rings. The molecule has 0 radical (unpaired) electrons.